The van der Waals surface area contributed by atoms with Crippen molar-refractivity contribution in [3.05, 3.63) is 71.9 Å². The molecule has 0 atom stereocenters. The van der Waals surface area contributed by atoms with Crippen molar-refractivity contribution in [2.24, 2.45) is 0 Å². The molecule has 0 amide bonds. The first-order valence-electron chi connectivity index (χ1n) is 9.03. The average Bonchev–Trinajstić information content (AvgIpc) is 3.21. The molecule has 1 N–H and O–H groups in total. The fourth-order valence-corrected chi connectivity index (χ4v) is 3.95. The lowest BCUT2D eigenvalue weighted by atomic mass is 9.93. The SMILES string of the molecule is Cc1nc2c(-c3cccc4ccccc34)cc(-c3c(C)noc3C)cc2[nH]1. The number of imidazole rings is 1. The van der Waals surface area contributed by atoms with Crippen LogP contribution in [-0.2, 0) is 0 Å². The van der Waals surface area contributed by atoms with E-state index >= 15 is 0 Å². The Balaban J connectivity index is 1.88. The van der Waals surface area contributed by atoms with Gasteiger partial charge in [-0.1, -0.05) is 47.6 Å². The Morgan fingerprint density at radius 2 is 1.70 bits per heavy atom. The van der Waals surface area contributed by atoms with E-state index < -0.39 is 0 Å². The summed E-state index contributed by atoms with van der Waals surface area (Å²) in [6.45, 7) is 5.92. The van der Waals surface area contributed by atoms with Gasteiger partial charge < -0.3 is 9.51 Å². The summed E-state index contributed by atoms with van der Waals surface area (Å²) in [5.41, 5.74) is 7.33. The molecule has 0 aliphatic carbocycles. The number of rotatable bonds is 2. The van der Waals surface area contributed by atoms with Crippen LogP contribution in [0.25, 0.3) is 44.1 Å². The highest BCUT2D eigenvalue weighted by molar-refractivity contribution is 6.05. The van der Waals surface area contributed by atoms with Crippen molar-refractivity contribution >= 4 is 21.8 Å². The highest BCUT2D eigenvalue weighted by Gasteiger charge is 2.17. The number of H-pyrrole nitrogens is 1. The van der Waals surface area contributed by atoms with Crippen molar-refractivity contribution in [3.8, 4) is 22.3 Å². The van der Waals surface area contributed by atoms with Gasteiger partial charge in [0, 0.05) is 11.1 Å². The molecule has 5 aromatic rings. The van der Waals surface area contributed by atoms with Crippen molar-refractivity contribution in [1.29, 1.82) is 0 Å². The second kappa shape index (κ2) is 5.81. The first-order valence-corrected chi connectivity index (χ1v) is 9.03. The minimum atomic E-state index is 0.826. The third kappa shape index (κ3) is 2.45. The molecule has 0 unspecified atom stereocenters. The second-order valence-corrected chi connectivity index (χ2v) is 6.97. The molecule has 5 rings (SSSR count). The van der Waals surface area contributed by atoms with Gasteiger partial charge in [0.15, 0.2) is 0 Å². The lowest BCUT2D eigenvalue weighted by molar-refractivity contribution is 0.393. The summed E-state index contributed by atoms with van der Waals surface area (Å²) < 4.78 is 5.41. The van der Waals surface area contributed by atoms with Gasteiger partial charge in [-0.2, -0.15) is 0 Å². The quantitative estimate of drug-likeness (QED) is 0.426. The van der Waals surface area contributed by atoms with Gasteiger partial charge in [0.05, 0.1) is 16.7 Å². The number of nitrogens with one attached hydrogen (secondary N) is 1. The number of nitrogens with zero attached hydrogens (tertiary/aromatic N) is 2. The standard InChI is InChI=1S/C23H19N3O/c1-13-22(14(2)27-26-13)17-11-20(23-21(12-17)24-15(3)25-23)19-10-6-8-16-7-4-5-9-18(16)19/h4-12H,1-3H3,(H,24,25). The van der Waals surface area contributed by atoms with E-state index in [0.717, 1.165) is 45.0 Å². The molecule has 0 fully saturated rings. The van der Waals surface area contributed by atoms with E-state index in [-0.39, 0.29) is 0 Å². The first kappa shape index (κ1) is 15.8. The van der Waals surface area contributed by atoms with Crippen LogP contribution < -0.4 is 0 Å². The predicted molar refractivity (Wildman–Crippen MR) is 109 cm³/mol. The Hall–Kier alpha value is -3.40. The molecule has 27 heavy (non-hydrogen) atoms. The van der Waals surface area contributed by atoms with Crippen molar-refractivity contribution in [3.63, 3.8) is 0 Å². The fraction of sp³-hybridized carbons (Fsp3) is 0.130. The molecule has 4 nitrogen and oxygen atoms in total. The molecule has 0 aliphatic heterocycles. The van der Waals surface area contributed by atoms with Crippen LogP contribution in [0.4, 0.5) is 0 Å². The second-order valence-electron chi connectivity index (χ2n) is 6.97. The Morgan fingerprint density at radius 3 is 2.52 bits per heavy atom. The highest BCUT2D eigenvalue weighted by atomic mass is 16.5. The van der Waals surface area contributed by atoms with Gasteiger partial charge in [0.1, 0.15) is 11.6 Å². The van der Waals surface area contributed by atoms with Crippen molar-refractivity contribution in [2.45, 2.75) is 20.8 Å². The van der Waals surface area contributed by atoms with Crippen LogP contribution in [-0.4, -0.2) is 15.1 Å². The molecule has 0 radical (unpaired) electrons. The zero-order valence-electron chi connectivity index (χ0n) is 15.5. The number of aromatic nitrogens is 3. The molecule has 0 aliphatic rings. The minimum Gasteiger partial charge on any atom is -0.361 e. The van der Waals surface area contributed by atoms with E-state index in [1.165, 1.54) is 16.3 Å². The van der Waals surface area contributed by atoms with E-state index in [1.807, 2.05) is 20.8 Å². The number of fused-ring (bicyclic) bond motifs is 2. The number of benzene rings is 3. The maximum atomic E-state index is 5.41. The molecule has 0 saturated carbocycles. The zero-order valence-corrected chi connectivity index (χ0v) is 15.5. The summed E-state index contributed by atoms with van der Waals surface area (Å²) in [5, 5.41) is 6.57. The van der Waals surface area contributed by atoms with Crippen LogP contribution >= 0.6 is 0 Å². The number of aryl methyl sites for hydroxylation is 3. The molecule has 2 aromatic heterocycles. The van der Waals surface area contributed by atoms with E-state index in [1.54, 1.807) is 0 Å². The lowest BCUT2D eigenvalue weighted by Crippen LogP contribution is -1.88. The molecular formula is C23H19N3O. The summed E-state index contributed by atoms with van der Waals surface area (Å²) in [6, 6.07) is 19.2. The van der Waals surface area contributed by atoms with Gasteiger partial charge in [-0.25, -0.2) is 4.98 Å². The largest absolute Gasteiger partial charge is 0.361 e. The number of hydrogen-bond acceptors (Lipinski definition) is 3. The van der Waals surface area contributed by atoms with Gasteiger partial charge in [0.25, 0.3) is 0 Å². The zero-order chi connectivity index (χ0) is 18.5. The maximum absolute atomic E-state index is 5.41. The lowest BCUT2D eigenvalue weighted by Gasteiger charge is -2.10. The number of aromatic amines is 1. The van der Waals surface area contributed by atoms with Crippen molar-refractivity contribution in [1.82, 2.24) is 15.1 Å². The number of hydrogen-bond donors (Lipinski definition) is 1. The van der Waals surface area contributed by atoms with Crippen LogP contribution in [0.2, 0.25) is 0 Å². The molecule has 3 aromatic carbocycles. The van der Waals surface area contributed by atoms with Crippen molar-refractivity contribution in [2.75, 3.05) is 0 Å². The van der Waals surface area contributed by atoms with Crippen LogP contribution in [0.5, 0.6) is 0 Å². The highest BCUT2D eigenvalue weighted by Crippen LogP contribution is 2.38. The van der Waals surface area contributed by atoms with Gasteiger partial charge in [-0.05, 0) is 54.8 Å². The third-order valence-electron chi connectivity index (χ3n) is 5.11. The molecule has 0 saturated heterocycles. The van der Waals surface area contributed by atoms with Crippen molar-refractivity contribution < 1.29 is 4.52 Å². The van der Waals surface area contributed by atoms with Crippen LogP contribution in [0, 0.1) is 20.8 Å². The monoisotopic (exact) mass is 353 g/mol. The topological polar surface area (TPSA) is 54.7 Å². The normalized spacial score (nSPS) is 11.5. The molecule has 2 heterocycles. The van der Waals surface area contributed by atoms with Crippen LogP contribution in [0.1, 0.15) is 17.3 Å². The Labute approximate surface area is 156 Å². The molecular weight excluding hydrogens is 334 g/mol. The van der Waals surface area contributed by atoms with Gasteiger partial charge in [0.2, 0.25) is 0 Å². The Morgan fingerprint density at radius 1 is 0.889 bits per heavy atom. The Bertz CT molecular complexity index is 1290. The smallest absolute Gasteiger partial charge is 0.141 e. The minimum absolute atomic E-state index is 0.826. The summed E-state index contributed by atoms with van der Waals surface area (Å²) >= 11 is 0. The van der Waals surface area contributed by atoms with Gasteiger partial charge in [-0.3, -0.25) is 0 Å². The van der Waals surface area contributed by atoms with E-state index in [2.05, 4.69) is 64.7 Å². The van der Waals surface area contributed by atoms with Crippen LogP contribution in [0.3, 0.4) is 0 Å². The third-order valence-corrected chi connectivity index (χ3v) is 5.11. The Kier molecular flexibility index (Phi) is 3.41. The summed E-state index contributed by atoms with van der Waals surface area (Å²) in [7, 11) is 0. The first-order chi connectivity index (χ1) is 13.1. The average molecular weight is 353 g/mol. The predicted octanol–water partition coefficient (Wildman–Crippen LogP) is 5.96. The van der Waals surface area contributed by atoms with E-state index in [9.17, 15) is 0 Å². The molecule has 4 heteroatoms. The fourth-order valence-electron chi connectivity index (χ4n) is 3.95. The molecule has 0 spiro atoms. The summed E-state index contributed by atoms with van der Waals surface area (Å²) in [5.74, 6) is 1.73. The summed E-state index contributed by atoms with van der Waals surface area (Å²) in [6.07, 6.45) is 0. The molecule has 0 bridgehead atoms. The van der Waals surface area contributed by atoms with Gasteiger partial charge in [-0.15, -0.1) is 0 Å². The maximum Gasteiger partial charge on any atom is 0.141 e. The van der Waals surface area contributed by atoms with Gasteiger partial charge >= 0.3 is 0 Å². The van der Waals surface area contributed by atoms with E-state index in [4.69, 9.17) is 9.51 Å². The summed E-state index contributed by atoms with van der Waals surface area (Å²) in [4.78, 5) is 8.16. The molecule has 132 valence electrons. The van der Waals surface area contributed by atoms with E-state index in [0.29, 0.717) is 0 Å². The van der Waals surface area contributed by atoms with Crippen LogP contribution in [0.15, 0.2) is 59.1 Å².